The van der Waals surface area contributed by atoms with Crippen LogP contribution in [0.15, 0.2) is 27.4 Å². The number of aromatic amines is 1. The minimum Gasteiger partial charge on any atom is -0.275 e. The Hall–Kier alpha value is -1.29. The molecular weight excluding hydrogens is 168 g/mol. The van der Waals surface area contributed by atoms with E-state index in [1.54, 1.807) is 0 Å². The lowest BCUT2D eigenvalue weighted by molar-refractivity contribution is 0.939. The molecule has 1 rings (SSSR count). The van der Waals surface area contributed by atoms with Crippen molar-refractivity contribution in [3.8, 4) is 0 Å². The lowest BCUT2D eigenvalue weighted by atomic mass is 10.6. The minimum atomic E-state index is -0.505. The van der Waals surface area contributed by atoms with Crippen LogP contribution >= 0.6 is 11.6 Å². The van der Waals surface area contributed by atoms with Crippen molar-refractivity contribution in [2.24, 2.45) is 0 Å². The first-order valence-corrected chi connectivity index (χ1v) is 3.26. The molecule has 0 aliphatic heterocycles. The number of nitrogens with zero attached hydrogens (tertiary/aromatic N) is 1. The summed E-state index contributed by atoms with van der Waals surface area (Å²) >= 11 is 5.22. The molecule has 4 nitrogen and oxygen atoms in total. The van der Waals surface area contributed by atoms with E-state index in [0.29, 0.717) is 0 Å². The van der Waals surface area contributed by atoms with Crippen LogP contribution in [0.2, 0.25) is 0 Å². The molecule has 0 aliphatic rings. The predicted octanol–water partition coefficient (Wildman–Crippen LogP) is 0.204. The third-order valence-electron chi connectivity index (χ3n) is 1.07. The highest BCUT2D eigenvalue weighted by Gasteiger charge is 1.88. The smallest absolute Gasteiger partial charge is 0.275 e. The molecule has 0 radical (unpaired) electrons. The fourth-order valence-electron chi connectivity index (χ4n) is 0.605. The van der Waals surface area contributed by atoms with Gasteiger partial charge in [0, 0.05) is 24.0 Å². The molecule has 0 atom stereocenters. The summed E-state index contributed by atoms with van der Waals surface area (Å²) in [6.45, 7) is 0. The van der Waals surface area contributed by atoms with Crippen LogP contribution in [0.25, 0.3) is 6.20 Å². The molecule has 0 spiro atoms. The molecule has 0 fully saturated rings. The van der Waals surface area contributed by atoms with Crippen molar-refractivity contribution in [2.45, 2.75) is 0 Å². The first-order chi connectivity index (χ1) is 5.24. The number of halogens is 1. The third-order valence-corrected chi connectivity index (χ3v) is 1.18. The molecule has 0 saturated heterocycles. The number of hydrogen-bond donors (Lipinski definition) is 1. The van der Waals surface area contributed by atoms with Crippen molar-refractivity contribution in [2.75, 3.05) is 0 Å². The Morgan fingerprint density at radius 1 is 1.55 bits per heavy atom. The van der Waals surface area contributed by atoms with Crippen molar-refractivity contribution in [1.29, 1.82) is 0 Å². The Morgan fingerprint density at radius 3 is 2.82 bits per heavy atom. The van der Waals surface area contributed by atoms with Crippen LogP contribution < -0.4 is 11.2 Å². The SMILES string of the molecule is O=c1ccn(C=CCl)c(=O)[nH]1. The predicted molar refractivity (Wildman–Crippen MR) is 42.5 cm³/mol. The molecule has 0 aliphatic carbocycles. The Balaban J connectivity index is 3.31. The maximum absolute atomic E-state index is 10.8. The second-order valence-electron chi connectivity index (χ2n) is 1.79. The zero-order valence-corrected chi connectivity index (χ0v) is 6.21. The largest absolute Gasteiger partial charge is 0.332 e. The van der Waals surface area contributed by atoms with Crippen LogP contribution in [0.3, 0.4) is 0 Å². The van der Waals surface area contributed by atoms with Crippen LogP contribution in [-0.2, 0) is 0 Å². The topological polar surface area (TPSA) is 54.9 Å². The molecule has 1 N–H and O–H groups in total. The molecule has 1 heterocycles. The van der Waals surface area contributed by atoms with Gasteiger partial charge in [0.1, 0.15) is 0 Å². The first-order valence-electron chi connectivity index (χ1n) is 2.82. The number of aromatic nitrogens is 2. The van der Waals surface area contributed by atoms with Gasteiger partial charge in [0.25, 0.3) is 5.56 Å². The molecular formula is C6H5ClN2O2. The van der Waals surface area contributed by atoms with E-state index < -0.39 is 11.2 Å². The van der Waals surface area contributed by atoms with Gasteiger partial charge < -0.3 is 0 Å². The van der Waals surface area contributed by atoms with Gasteiger partial charge in [0.15, 0.2) is 0 Å². The molecule has 58 valence electrons. The molecule has 0 amide bonds. The monoisotopic (exact) mass is 172 g/mol. The Kier molecular flexibility index (Phi) is 2.28. The van der Waals surface area contributed by atoms with Crippen LogP contribution in [-0.4, -0.2) is 9.55 Å². The van der Waals surface area contributed by atoms with E-state index in [4.69, 9.17) is 11.6 Å². The van der Waals surface area contributed by atoms with Crippen molar-refractivity contribution in [3.05, 3.63) is 38.6 Å². The highest BCUT2D eigenvalue weighted by Crippen LogP contribution is 1.81. The molecule has 0 unspecified atom stereocenters. The fourth-order valence-corrected chi connectivity index (χ4v) is 0.727. The lowest BCUT2D eigenvalue weighted by Crippen LogP contribution is -2.25. The van der Waals surface area contributed by atoms with Gasteiger partial charge in [-0.25, -0.2) is 4.79 Å². The van der Waals surface area contributed by atoms with E-state index in [9.17, 15) is 9.59 Å². The first kappa shape index (κ1) is 7.81. The number of rotatable bonds is 1. The van der Waals surface area contributed by atoms with Gasteiger partial charge in [-0.2, -0.15) is 0 Å². The average Bonchev–Trinajstić information content (AvgIpc) is 1.95. The summed E-state index contributed by atoms with van der Waals surface area (Å²) < 4.78 is 1.16. The molecule has 1 aromatic rings. The molecule has 0 aromatic carbocycles. The van der Waals surface area contributed by atoms with Gasteiger partial charge in [-0.3, -0.25) is 14.3 Å². The summed E-state index contributed by atoms with van der Waals surface area (Å²) in [5, 5.41) is 0. The molecule has 11 heavy (non-hydrogen) atoms. The van der Waals surface area contributed by atoms with Crippen molar-refractivity contribution >= 4 is 17.8 Å². The van der Waals surface area contributed by atoms with Crippen molar-refractivity contribution < 1.29 is 0 Å². The van der Waals surface area contributed by atoms with E-state index >= 15 is 0 Å². The number of hydrogen-bond acceptors (Lipinski definition) is 2. The lowest BCUT2D eigenvalue weighted by Gasteiger charge is -1.92. The van der Waals surface area contributed by atoms with Crippen LogP contribution in [0.5, 0.6) is 0 Å². The zero-order chi connectivity index (χ0) is 8.27. The maximum atomic E-state index is 10.8. The molecule has 0 saturated carbocycles. The number of nitrogens with one attached hydrogen (secondary N) is 1. The second-order valence-corrected chi connectivity index (χ2v) is 2.04. The van der Waals surface area contributed by atoms with Crippen molar-refractivity contribution in [3.63, 3.8) is 0 Å². The fraction of sp³-hybridized carbons (Fsp3) is 0. The zero-order valence-electron chi connectivity index (χ0n) is 5.45. The van der Waals surface area contributed by atoms with Gasteiger partial charge in [0.05, 0.1) is 0 Å². The van der Waals surface area contributed by atoms with Gasteiger partial charge in [0.2, 0.25) is 0 Å². The molecule has 5 heteroatoms. The Morgan fingerprint density at radius 2 is 2.27 bits per heavy atom. The Labute approximate surface area is 66.7 Å². The van der Waals surface area contributed by atoms with E-state index in [0.717, 1.165) is 4.57 Å². The average molecular weight is 173 g/mol. The summed E-state index contributed by atoms with van der Waals surface area (Å²) in [4.78, 5) is 23.4. The standard InChI is InChI=1S/C6H5ClN2O2/c7-2-4-9-3-1-5(10)8-6(9)11/h1-4H,(H,8,10,11). The van der Waals surface area contributed by atoms with Gasteiger partial charge in [-0.1, -0.05) is 11.6 Å². The van der Waals surface area contributed by atoms with Gasteiger partial charge in [-0.05, 0) is 0 Å². The van der Waals surface area contributed by atoms with Crippen molar-refractivity contribution in [1.82, 2.24) is 9.55 Å². The van der Waals surface area contributed by atoms with Crippen LogP contribution in [0.1, 0.15) is 0 Å². The molecule has 0 bridgehead atoms. The van der Waals surface area contributed by atoms with E-state index in [2.05, 4.69) is 4.98 Å². The van der Waals surface area contributed by atoms with E-state index in [-0.39, 0.29) is 0 Å². The summed E-state index contributed by atoms with van der Waals surface area (Å²) in [6.07, 6.45) is 2.67. The highest BCUT2D eigenvalue weighted by molar-refractivity contribution is 6.26. The highest BCUT2D eigenvalue weighted by atomic mass is 35.5. The summed E-state index contributed by atoms with van der Waals surface area (Å²) in [5.74, 6) is 0. The quantitative estimate of drug-likeness (QED) is 0.658. The Bertz CT molecular complexity index is 377. The minimum absolute atomic E-state index is 0.422. The second kappa shape index (κ2) is 3.21. The summed E-state index contributed by atoms with van der Waals surface area (Å²) in [5.41, 5.74) is 0.253. The summed E-state index contributed by atoms with van der Waals surface area (Å²) in [6, 6.07) is 1.23. The van der Waals surface area contributed by atoms with Crippen LogP contribution in [0, 0.1) is 0 Å². The summed E-state index contributed by atoms with van der Waals surface area (Å²) in [7, 11) is 0. The van der Waals surface area contributed by atoms with Gasteiger partial charge >= 0.3 is 5.69 Å². The maximum Gasteiger partial charge on any atom is 0.332 e. The van der Waals surface area contributed by atoms with E-state index in [1.165, 1.54) is 24.0 Å². The van der Waals surface area contributed by atoms with Gasteiger partial charge in [-0.15, -0.1) is 0 Å². The van der Waals surface area contributed by atoms with E-state index in [1.807, 2.05) is 0 Å². The molecule has 1 aromatic heterocycles. The third kappa shape index (κ3) is 1.81. The number of H-pyrrole nitrogens is 1. The normalized spacial score (nSPS) is 10.6. The van der Waals surface area contributed by atoms with Crippen LogP contribution in [0.4, 0.5) is 0 Å².